The second kappa shape index (κ2) is 10.2. The third-order valence-electron chi connectivity index (χ3n) is 5.17. The van der Waals surface area contributed by atoms with Gasteiger partial charge in [0.1, 0.15) is 12.4 Å². The van der Waals surface area contributed by atoms with Crippen LogP contribution in [0, 0.1) is 5.41 Å². The van der Waals surface area contributed by atoms with Crippen molar-refractivity contribution in [2.45, 2.75) is 53.9 Å². The highest BCUT2D eigenvalue weighted by Crippen LogP contribution is 2.40. The molecule has 27 heavy (non-hydrogen) atoms. The van der Waals surface area contributed by atoms with Crippen molar-refractivity contribution < 1.29 is 4.74 Å². The van der Waals surface area contributed by atoms with Gasteiger partial charge in [0.05, 0.1) is 0 Å². The molecule has 2 rings (SSSR count). The van der Waals surface area contributed by atoms with Crippen LogP contribution in [-0.2, 0) is 0 Å². The molecule has 0 radical (unpaired) electrons. The number of para-hydroxylation sites is 1. The van der Waals surface area contributed by atoms with E-state index < -0.39 is 0 Å². The average molecular weight is 363 g/mol. The van der Waals surface area contributed by atoms with E-state index >= 15 is 0 Å². The van der Waals surface area contributed by atoms with Crippen LogP contribution in [-0.4, -0.2) is 6.61 Å². The third-order valence-corrected chi connectivity index (χ3v) is 5.17. The molecule has 0 spiro atoms. The number of hydrogen-bond donors (Lipinski definition) is 0. The Bertz CT molecular complexity index is 755. The predicted octanol–water partition coefficient (Wildman–Crippen LogP) is 7.60. The van der Waals surface area contributed by atoms with Gasteiger partial charge in [-0.3, -0.25) is 0 Å². The van der Waals surface area contributed by atoms with E-state index in [1.807, 2.05) is 30.3 Å². The largest absolute Gasteiger partial charge is 0.490 e. The number of hydrogen-bond acceptors (Lipinski definition) is 1. The van der Waals surface area contributed by atoms with E-state index in [-0.39, 0.29) is 0 Å². The van der Waals surface area contributed by atoms with Crippen molar-refractivity contribution in [3.8, 4) is 5.75 Å². The highest BCUT2D eigenvalue weighted by Gasteiger charge is 2.26. The first-order valence-corrected chi connectivity index (χ1v) is 9.96. The molecule has 0 amide bonds. The number of ether oxygens (including phenoxy) is 1. The lowest BCUT2D eigenvalue weighted by atomic mass is 9.72. The van der Waals surface area contributed by atoms with Crippen LogP contribution in [0.1, 0.15) is 53.9 Å². The lowest BCUT2D eigenvalue weighted by Gasteiger charge is -2.32. The number of benzene rings is 1. The zero-order valence-electron chi connectivity index (χ0n) is 17.6. The molecule has 1 aliphatic rings. The maximum atomic E-state index is 5.70. The van der Waals surface area contributed by atoms with Crippen LogP contribution in [0.5, 0.6) is 5.75 Å². The van der Waals surface area contributed by atoms with Crippen molar-refractivity contribution in [3.63, 3.8) is 0 Å². The van der Waals surface area contributed by atoms with E-state index in [0.717, 1.165) is 5.75 Å². The van der Waals surface area contributed by atoms with Crippen molar-refractivity contribution in [1.82, 2.24) is 0 Å². The second-order valence-electron chi connectivity index (χ2n) is 8.11. The van der Waals surface area contributed by atoms with Gasteiger partial charge in [0.25, 0.3) is 0 Å². The van der Waals surface area contributed by atoms with Crippen LogP contribution in [0.3, 0.4) is 0 Å². The number of allylic oxidation sites excluding steroid dienone is 9. The van der Waals surface area contributed by atoms with E-state index in [0.29, 0.717) is 12.0 Å². The SMILES string of the molecule is CC(C=CC1=C(C)CCCC1(C)C)=CC=CC(C)=CCOc1ccccc1. The van der Waals surface area contributed by atoms with Crippen LogP contribution in [0.25, 0.3) is 0 Å². The lowest BCUT2D eigenvalue weighted by molar-refractivity contribution is 0.362. The van der Waals surface area contributed by atoms with Gasteiger partial charge >= 0.3 is 0 Å². The lowest BCUT2D eigenvalue weighted by Crippen LogP contribution is -2.19. The molecule has 0 bridgehead atoms. The van der Waals surface area contributed by atoms with E-state index in [2.05, 4.69) is 71.1 Å². The summed E-state index contributed by atoms with van der Waals surface area (Å²) < 4.78 is 5.70. The molecular formula is C26H34O. The van der Waals surface area contributed by atoms with Gasteiger partial charge in [-0.1, -0.05) is 79.1 Å². The Labute approximate surface area is 165 Å². The second-order valence-corrected chi connectivity index (χ2v) is 8.11. The molecule has 0 saturated heterocycles. The van der Waals surface area contributed by atoms with Gasteiger partial charge < -0.3 is 4.74 Å². The van der Waals surface area contributed by atoms with Crippen molar-refractivity contribution >= 4 is 0 Å². The Morgan fingerprint density at radius 1 is 1.07 bits per heavy atom. The molecule has 0 heterocycles. The van der Waals surface area contributed by atoms with Crippen LogP contribution in [0.2, 0.25) is 0 Å². The minimum atomic E-state index is 0.299. The predicted molar refractivity (Wildman–Crippen MR) is 118 cm³/mol. The fourth-order valence-electron chi connectivity index (χ4n) is 3.49. The van der Waals surface area contributed by atoms with Crippen molar-refractivity contribution in [2.75, 3.05) is 6.61 Å². The average Bonchev–Trinajstić information content (AvgIpc) is 2.61. The van der Waals surface area contributed by atoms with E-state index in [1.54, 1.807) is 5.57 Å². The highest BCUT2D eigenvalue weighted by molar-refractivity contribution is 5.37. The van der Waals surface area contributed by atoms with Gasteiger partial charge in [0.15, 0.2) is 0 Å². The summed E-state index contributed by atoms with van der Waals surface area (Å²) in [4.78, 5) is 0. The molecule has 0 N–H and O–H groups in total. The maximum absolute atomic E-state index is 5.70. The molecule has 1 aromatic carbocycles. The Morgan fingerprint density at radius 2 is 1.81 bits per heavy atom. The Morgan fingerprint density at radius 3 is 2.52 bits per heavy atom. The Balaban J connectivity index is 1.89. The Kier molecular flexibility index (Phi) is 7.91. The zero-order valence-corrected chi connectivity index (χ0v) is 17.6. The maximum Gasteiger partial charge on any atom is 0.119 e. The molecule has 144 valence electrons. The summed E-state index contributed by atoms with van der Waals surface area (Å²) in [7, 11) is 0. The molecule has 1 aliphatic carbocycles. The quantitative estimate of drug-likeness (QED) is 0.454. The summed E-state index contributed by atoms with van der Waals surface area (Å²) in [6.45, 7) is 11.9. The van der Waals surface area contributed by atoms with Crippen LogP contribution in [0.15, 0.2) is 89.1 Å². The summed E-state index contributed by atoms with van der Waals surface area (Å²) in [5.74, 6) is 0.904. The van der Waals surface area contributed by atoms with Crippen molar-refractivity contribution in [3.05, 3.63) is 89.1 Å². The smallest absolute Gasteiger partial charge is 0.119 e. The van der Waals surface area contributed by atoms with Gasteiger partial charge in [0.2, 0.25) is 0 Å². The molecule has 0 fully saturated rings. The molecule has 0 aliphatic heterocycles. The summed E-state index contributed by atoms with van der Waals surface area (Å²) in [5.41, 5.74) is 5.82. The minimum Gasteiger partial charge on any atom is -0.490 e. The van der Waals surface area contributed by atoms with Gasteiger partial charge in [-0.25, -0.2) is 0 Å². The molecule has 0 unspecified atom stereocenters. The van der Waals surface area contributed by atoms with Gasteiger partial charge in [-0.05, 0) is 69.2 Å². The summed E-state index contributed by atoms with van der Waals surface area (Å²) in [5, 5.41) is 0. The van der Waals surface area contributed by atoms with Crippen molar-refractivity contribution in [2.24, 2.45) is 5.41 Å². The fourth-order valence-corrected chi connectivity index (χ4v) is 3.49. The standard InChI is InChI=1S/C26H34O/c1-21(16-17-25-23(3)13-10-19-26(25,4)5)11-9-12-22(2)18-20-27-24-14-7-6-8-15-24/h6-9,11-12,14-18H,10,13,19-20H2,1-5H3. The number of rotatable bonds is 7. The first-order chi connectivity index (χ1) is 12.9. The monoisotopic (exact) mass is 362 g/mol. The van der Waals surface area contributed by atoms with Crippen molar-refractivity contribution in [1.29, 1.82) is 0 Å². The summed E-state index contributed by atoms with van der Waals surface area (Å²) >= 11 is 0. The van der Waals surface area contributed by atoms with Gasteiger partial charge in [-0.15, -0.1) is 0 Å². The normalized spacial score (nSPS) is 18.6. The molecule has 1 aromatic rings. The van der Waals surface area contributed by atoms with E-state index in [9.17, 15) is 0 Å². The highest BCUT2D eigenvalue weighted by atomic mass is 16.5. The minimum absolute atomic E-state index is 0.299. The van der Waals surface area contributed by atoms with Gasteiger partial charge in [-0.2, -0.15) is 0 Å². The molecule has 0 aromatic heterocycles. The van der Waals surface area contributed by atoms with E-state index in [1.165, 1.54) is 36.0 Å². The van der Waals surface area contributed by atoms with Crippen LogP contribution >= 0.6 is 0 Å². The molecule has 1 nitrogen and oxygen atoms in total. The van der Waals surface area contributed by atoms with E-state index in [4.69, 9.17) is 4.74 Å². The molecular weight excluding hydrogens is 328 g/mol. The first kappa shape index (κ1) is 21.0. The van der Waals surface area contributed by atoms with Crippen LogP contribution < -0.4 is 4.74 Å². The topological polar surface area (TPSA) is 9.23 Å². The Hall–Kier alpha value is -2.28. The summed E-state index contributed by atoms with van der Waals surface area (Å²) in [6.07, 6.45) is 16.9. The summed E-state index contributed by atoms with van der Waals surface area (Å²) in [6, 6.07) is 9.91. The van der Waals surface area contributed by atoms with Gasteiger partial charge in [0, 0.05) is 0 Å². The molecule has 0 atom stereocenters. The third kappa shape index (κ3) is 7.09. The zero-order chi connectivity index (χ0) is 19.7. The van der Waals surface area contributed by atoms with Crippen LogP contribution in [0.4, 0.5) is 0 Å². The first-order valence-electron chi connectivity index (χ1n) is 9.96. The molecule has 0 saturated carbocycles. The fraction of sp³-hybridized carbons (Fsp3) is 0.385. The molecule has 1 heteroatoms.